The van der Waals surface area contributed by atoms with Crippen molar-refractivity contribution in [2.24, 2.45) is 0 Å². The number of carbonyl (C=O) groups is 1. The zero-order valence-electron chi connectivity index (χ0n) is 11.7. The fourth-order valence-corrected chi connectivity index (χ4v) is 1.81. The Balaban J connectivity index is 2.18. The van der Waals surface area contributed by atoms with Crippen molar-refractivity contribution in [3.8, 4) is 5.75 Å². The summed E-state index contributed by atoms with van der Waals surface area (Å²) in [5.41, 5.74) is 2.26. The third-order valence-electron chi connectivity index (χ3n) is 2.96. The van der Waals surface area contributed by atoms with Gasteiger partial charge in [-0.25, -0.2) is 4.98 Å². The molecule has 0 atom stereocenters. The molecule has 0 saturated carbocycles. The lowest BCUT2D eigenvalue weighted by Crippen LogP contribution is -2.13. The maximum absolute atomic E-state index is 12.2. The second-order valence-corrected chi connectivity index (χ2v) is 4.31. The molecule has 2 rings (SSSR count). The zero-order valence-corrected chi connectivity index (χ0v) is 11.7. The zero-order chi connectivity index (χ0) is 14.5. The molecule has 1 heterocycles. The summed E-state index contributed by atoms with van der Waals surface area (Å²) in [6, 6.07) is 8.89. The molecule has 5 nitrogen and oxygen atoms in total. The molecule has 1 aromatic heterocycles. The van der Waals surface area contributed by atoms with E-state index >= 15 is 0 Å². The first kappa shape index (κ1) is 13.9. The van der Waals surface area contributed by atoms with E-state index in [1.54, 1.807) is 32.5 Å². The molecule has 0 aliphatic heterocycles. The average molecular weight is 271 g/mol. The average Bonchev–Trinajstić information content (AvgIpc) is 2.49. The van der Waals surface area contributed by atoms with E-state index in [2.05, 4.69) is 15.6 Å². The van der Waals surface area contributed by atoms with Crippen LogP contribution in [0.15, 0.2) is 36.5 Å². The summed E-state index contributed by atoms with van der Waals surface area (Å²) in [5.74, 6) is 1.25. The smallest absolute Gasteiger partial charge is 0.255 e. The van der Waals surface area contributed by atoms with Gasteiger partial charge in [0.15, 0.2) is 0 Å². The minimum absolute atomic E-state index is 0.169. The molecule has 0 fully saturated rings. The highest BCUT2D eigenvalue weighted by molar-refractivity contribution is 6.05. The number of rotatable bonds is 4. The summed E-state index contributed by atoms with van der Waals surface area (Å²) < 4.78 is 5.14. The molecule has 0 radical (unpaired) electrons. The third kappa shape index (κ3) is 3.06. The highest BCUT2D eigenvalue weighted by Gasteiger charge is 2.09. The van der Waals surface area contributed by atoms with Crippen molar-refractivity contribution in [1.29, 1.82) is 0 Å². The van der Waals surface area contributed by atoms with Gasteiger partial charge in [-0.2, -0.15) is 0 Å². The van der Waals surface area contributed by atoms with Crippen molar-refractivity contribution in [2.45, 2.75) is 6.92 Å². The van der Waals surface area contributed by atoms with Crippen LogP contribution in [0.1, 0.15) is 15.9 Å². The Labute approximate surface area is 118 Å². The van der Waals surface area contributed by atoms with Crippen LogP contribution in [0.3, 0.4) is 0 Å². The fourth-order valence-electron chi connectivity index (χ4n) is 1.81. The predicted molar refractivity (Wildman–Crippen MR) is 79.5 cm³/mol. The molecule has 0 aliphatic carbocycles. The number of nitrogens with zero attached hydrogens (tertiary/aromatic N) is 1. The third-order valence-corrected chi connectivity index (χ3v) is 2.96. The number of ether oxygens (including phenoxy) is 1. The number of hydrogen-bond donors (Lipinski definition) is 2. The van der Waals surface area contributed by atoms with Gasteiger partial charge in [0.1, 0.15) is 11.6 Å². The predicted octanol–water partition coefficient (Wildman–Crippen LogP) is 2.69. The van der Waals surface area contributed by atoms with E-state index in [1.165, 1.54) is 0 Å². The van der Waals surface area contributed by atoms with Crippen LogP contribution in [0.5, 0.6) is 5.75 Å². The maximum atomic E-state index is 12.2. The van der Waals surface area contributed by atoms with Gasteiger partial charge in [-0.15, -0.1) is 0 Å². The van der Waals surface area contributed by atoms with Crippen LogP contribution in [-0.4, -0.2) is 25.0 Å². The first-order chi connectivity index (χ1) is 9.63. The van der Waals surface area contributed by atoms with Crippen LogP contribution >= 0.6 is 0 Å². The van der Waals surface area contributed by atoms with Gasteiger partial charge >= 0.3 is 0 Å². The number of nitrogens with one attached hydrogen (secondary N) is 2. The van der Waals surface area contributed by atoms with Crippen LogP contribution in [0.2, 0.25) is 0 Å². The Hall–Kier alpha value is -2.56. The van der Waals surface area contributed by atoms with E-state index in [1.807, 2.05) is 25.1 Å². The van der Waals surface area contributed by atoms with Crippen LogP contribution in [-0.2, 0) is 0 Å². The summed E-state index contributed by atoms with van der Waals surface area (Å²) in [6.45, 7) is 1.92. The van der Waals surface area contributed by atoms with Crippen LogP contribution in [0.4, 0.5) is 11.5 Å². The summed E-state index contributed by atoms with van der Waals surface area (Å²) in [5, 5.41) is 5.78. The van der Waals surface area contributed by atoms with Crippen molar-refractivity contribution in [3.05, 3.63) is 47.7 Å². The van der Waals surface area contributed by atoms with Gasteiger partial charge in [0.2, 0.25) is 0 Å². The van der Waals surface area contributed by atoms with E-state index in [-0.39, 0.29) is 5.91 Å². The molecular weight excluding hydrogens is 254 g/mol. The summed E-state index contributed by atoms with van der Waals surface area (Å²) in [6.07, 6.45) is 1.60. The number of amides is 1. The second-order valence-electron chi connectivity index (χ2n) is 4.31. The Morgan fingerprint density at radius 2 is 2.05 bits per heavy atom. The monoisotopic (exact) mass is 271 g/mol. The fraction of sp³-hybridized carbons (Fsp3) is 0.200. The standard InChI is InChI=1S/C15H17N3O2/c1-10-8-12(20-3)4-5-13(10)18-15(19)11-6-7-17-14(9-11)16-2/h4-9H,1-3H3,(H,16,17)(H,18,19). The normalized spacial score (nSPS) is 9.95. The molecule has 20 heavy (non-hydrogen) atoms. The van der Waals surface area contributed by atoms with Gasteiger partial charge in [-0.3, -0.25) is 4.79 Å². The minimum atomic E-state index is -0.169. The molecular formula is C15H17N3O2. The molecule has 0 spiro atoms. The first-order valence-electron chi connectivity index (χ1n) is 6.24. The van der Waals surface area contributed by atoms with Crippen molar-refractivity contribution in [3.63, 3.8) is 0 Å². The summed E-state index contributed by atoms with van der Waals surface area (Å²) in [4.78, 5) is 16.3. The lowest BCUT2D eigenvalue weighted by molar-refractivity contribution is 0.102. The van der Waals surface area contributed by atoms with Gasteiger partial charge in [-0.1, -0.05) is 0 Å². The highest BCUT2D eigenvalue weighted by atomic mass is 16.5. The van der Waals surface area contributed by atoms with E-state index < -0.39 is 0 Å². The number of aryl methyl sites for hydroxylation is 1. The van der Waals surface area contributed by atoms with Crippen molar-refractivity contribution < 1.29 is 9.53 Å². The van der Waals surface area contributed by atoms with Crippen molar-refractivity contribution in [1.82, 2.24) is 4.98 Å². The van der Waals surface area contributed by atoms with Crippen LogP contribution < -0.4 is 15.4 Å². The largest absolute Gasteiger partial charge is 0.497 e. The Bertz CT molecular complexity index is 626. The summed E-state index contributed by atoms with van der Waals surface area (Å²) in [7, 11) is 3.38. The molecule has 0 aliphatic rings. The molecule has 5 heteroatoms. The first-order valence-corrected chi connectivity index (χ1v) is 6.24. The highest BCUT2D eigenvalue weighted by Crippen LogP contribution is 2.21. The van der Waals surface area contributed by atoms with Crippen LogP contribution in [0.25, 0.3) is 0 Å². The molecule has 0 unspecified atom stereocenters. The number of aromatic nitrogens is 1. The Kier molecular flexibility index (Phi) is 4.20. The van der Waals surface area contributed by atoms with E-state index in [0.717, 1.165) is 17.0 Å². The minimum Gasteiger partial charge on any atom is -0.497 e. The lowest BCUT2D eigenvalue weighted by atomic mass is 10.1. The molecule has 104 valence electrons. The molecule has 2 N–H and O–H groups in total. The number of methoxy groups -OCH3 is 1. The Morgan fingerprint density at radius 1 is 1.25 bits per heavy atom. The quantitative estimate of drug-likeness (QED) is 0.897. The number of anilines is 2. The van der Waals surface area contributed by atoms with E-state index in [0.29, 0.717) is 11.4 Å². The van der Waals surface area contributed by atoms with Gasteiger partial charge in [0.25, 0.3) is 5.91 Å². The number of carbonyl (C=O) groups excluding carboxylic acids is 1. The molecule has 1 amide bonds. The van der Waals surface area contributed by atoms with Crippen molar-refractivity contribution >= 4 is 17.4 Å². The maximum Gasteiger partial charge on any atom is 0.255 e. The van der Waals surface area contributed by atoms with E-state index in [9.17, 15) is 4.79 Å². The number of pyridine rings is 1. The molecule has 2 aromatic rings. The van der Waals surface area contributed by atoms with E-state index in [4.69, 9.17) is 4.74 Å². The molecule has 0 saturated heterocycles. The number of benzene rings is 1. The SMILES string of the molecule is CNc1cc(C(=O)Nc2ccc(OC)cc2C)ccn1. The molecule has 1 aromatic carbocycles. The van der Waals surface area contributed by atoms with Gasteiger partial charge in [-0.05, 0) is 42.8 Å². The van der Waals surface area contributed by atoms with Crippen molar-refractivity contribution in [2.75, 3.05) is 24.8 Å². The summed E-state index contributed by atoms with van der Waals surface area (Å²) >= 11 is 0. The van der Waals surface area contributed by atoms with Gasteiger partial charge in [0, 0.05) is 24.5 Å². The van der Waals surface area contributed by atoms with Crippen LogP contribution in [0, 0.1) is 6.92 Å². The topological polar surface area (TPSA) is 63.2 Å². The number of hydrogen-bond acceptors (Lipinski definition) is 4. The van der Waals surface area contributed by atoms with Gasteiger partial charge < -0.3 is 15.4 Å². The van der Waals surface area contributed by atoms with Gasteiger partial charge in [0.05, 0.1) is 7.11 Å². The Morgan fingerprint density at radius 3 is 2.70 bits per heavy atom. The molecule has 0 bridgehead atoms. The second kappa shape index (κ2) is 6.06. The lowest BCUT2D eigenvalue weighted by Gasteiger charge is -2.10.